The minimum Gasteiger partial charge on any atom is -0.477 e. The van der Waals surface area contributed by atoms with Gasteiger partial charge in [0.1, 0.15) is 11.3 Å². The fourth-order valence-corrected chi connectivity index (χ4v) is 1.60. The Bertz CT molecular complexity index is 513. The summed E-state index contributed by atoms with van der Waals surface area (Å²) in [5.74, 6) is -1.36. The highest BCUT2D eigenvalue weighted by atomic mass is 16.6. The lowest BCUT2D eigenvalue weighted by Gasteiger charge is -2.35. The Hall–Kier alpha value is -2.15. The second-order valence-corrected chi connectivity index (χ2v) is 4.77. The van der Waals surface area contributed by atoms with Crippen molar-refractivity contribution in [2.45, 2.75) is 19.4 Å². The molecule has 0 aliphatic carbocycles. The second kappa shape index (κ2) is 5.23. The van der Waals surface area contributed by atoms with Gasteiger partial charge < -0.3 is 15.1 Å². The Morgan fingerprint density at radius 2 is 2.05 bits per heavy atom. The van der Waals surface area contributed by atoms with E-state index in [9.17, 15) is 20.0 Å². The number of hydrogen-bond donors (Lipinski definition) is 2. The first-order chi connectivity index (χ1) is 8.72. The highest BCUT2D eigenvalue weighted by Crippen LogP contribution is 2.34. The molecule has 19 heavy (non-hydrogen) atoms. The van der Waals surface area contributed by atoms with E-state index >= 15 is 0 Å². The monoisotopic (exact) mass is 268 g/mol. The molecule has 0 heterocycles. The van der Waals surface area contributed by atoms with E-state index in [2.05, 4.69) is 0 Å². The molecule has 1 aromatic carbocycles. The molecule has 0 saturated heterocycles. The number of aliphatic hydroxyl groups excluding tert-OH is 1. The summed E-state index contributed by atoms with van der Waals surface area (Å²) in [5.41, 5.74) is -1.44. The Balaban J connectivity index is 3.48. The van der Waals surface area contributed by atoms with Crippen molar-refractivity contribution in [1.29, 1.82) is 0 Å². The third kappa shape index (κ3) is 2.82. The van der Waals surface area contributed by atoms with Crippen LogP contribution in [0.5, 0.6) is 0 Å². The van der Waals surface area contributed by atoms with E-state index < -0.39 is 22.1 Å². The number of aromatic carboxylic acids is 1. The first kappa shape index (κ1) is 14.9. The molecular formula is C12H16N2O5. The largest absolute Gasteiger partial charge is 0.477 e. The summed E-state index contributed by atoms with van der Waals surface area (Å²) in [6.45, 7) is 3.17. The molecule has 0 bridgehead atoms. The van der Waals surface area contributed by atoms with E-state index in [1.165, 1.54) is 23.1 Å². The zero-order valence-electron chi connectivity index (χ0n) is 11.0. The quantitative estimate of drug-likeness (QED) is 0.619. The maximum Gasteiger partial charge on any atom is 0.342 e. The lowest BCUT2D eigenvalue weighted by atomic mass is 10.0. The van der Waals surface area contributed by atoms with Gasteiger partial charge in [-0.15, -0.1) is 0 Å². The third-order valence-corrected chi connectivity index (χ3v) is 3.08. The van der Waals surface area contributed by atoms with Gasteiger partial charge in [-0.2, -0.15) is 0 Å². The number of para-hydroxylation sites is 1. The summed E-state index contributed by atoms with van der Waals surface area (Å²) in [5, 5.41) is 29.4. The SMILES string of the molecule is CN(c1cccc(C(=O)O)c1[N+](=O)[O-])C(C)(C)CO. The molecular weight excluding hydrogens is 252 g/mol. The Morgan fingerprint density at radius 1 is 1.47 bits per heavy atom. The number of carboxylic acids is 1. The number of benzene rings is 1. The first-order valence-electron chi connectivity index (χ1n) is 5.57. The third-order valence-electron chi connectivity index (χ3n) is 3.08. The Labute approximate surface area is 110 Å². The molecule has 1 aromatic rings. The summed E-state index contributed by atoms with van der Waals surface area (Å²) < 4.78 is 0. The van der Waals surface area contributed by atoms with Gasteiger partial charge in [-0.3, -0.25) is 10.1 Å². The number of aliphatic hydroxyl groups is 1. The smallest absolute Gasteiger partial charge is 0.342 e. The van der Waals surface area contributed by atoms with Crippen molar-refractivity contribution in [3.05, 3.63) is 33.9 Å². The van der Waals surface area contributed by atoms with Crippen molar-refractivity contribution in [2.75, 3.05) is 18.6 Å². The van der Waals surface area contributed by atoms with E-state index in [1.807, 2.05) is 0 Å². The average Bonchev–Trinajstić information content (AvgIpc) is 2.36. The highest BCUT2D eigenvalue weighted by molar-refractivity contribution is 5.95. The topological polar surface area (TPSA) is 104 Å². The van der Waals surface area contributed by atoms with E-state index in [0.29, 0.717) is 0 Å². The predicted octanol–water partition coefficient (Wildman–Crippen LogP) is 1.50. The summed E-state index contributed by atoms with van der Waals surface area (Å²) in [7, 11) is 1.57. The van der Waals surface area contributed by atoms with Crippen LogP contribution in [0.4, 0.5) is 11.4 Å². The van der Waals surface area contributed by atoms with Crippen LogP contribution in [-0.4, -0.2) is 40.3 Å². The van der Waals surface area contributed by atoms with Gasteiger partial charge in [-0.05, 0) is 26.0 Å². The van der Waals surface area contributed by atoms with Crippen LogP contribution in [0.3, 0.4) is 0 Å². The molecule has 0 amide bonds. The van der Waals surface area contributed by atoms with Gasteiger partial charge in [-0.25, -0.2) is 4.79 Å². The summed E-state index contributed by atoms with van der Waals surface area (Å²) >= 11 is 0. The van der Waals surface area contributed by atoms with Gasteiger partial charge in [0.2, 0.25) is 0 Å². The zero-order chi connectivity index (χ0) is 14.8. The molecule has 1 rings (SSSR count). The first-order valence-corrected chi connectivity index (χ1v) is 5.57. The average molecular weight is 268 g/mol. The van der Waals surface area contributed by atoms with Crippen molar-refractivity contribution in [3.63, 3.8) is 0 Å². The lowest BCUT2D eigenvalue weighted by Crippen LogP contribution is -2.44. The molecule has 0 atom stereocenters. The molecule has 0 aliphatic rings. The number of likely N-dealkylation sites (N-methyl/N-ethyl adjacent to an activating group) is 1. The summed E-state index contributed by atoms with van der Waals surface area (Å²) in [6.07, 6.45) is 0. The molecule has 0 fully saturated rings. The molecule has 0 aliphatic heterocycles. The van der Waals surface area contributed by atoms with Gasteiger partial charge in [0.15, 0.2) is 0 Å². The minimum absolute atomic E-state index is 0.156. The van der Waals surface area contributed by atoms with Crippen LogP contribution in [-0.2, 0) is 0 Å². The van der Waals surface area contributed by atoms with Crippen LogP contribution in [0.25, 0.3) is 0 Å². The van der Waals surface area contributed by atoms with Gasteiger partial charge in [0.25, 0.3) is 0 Å². The molecule has 0 saturated carbocycles. The number of rotatable bonds is 5. The van der Waals surface area contributed by atoms with E-state index in [-0.39, 0.29) is 17.9 Å². The normalized spacial score (nSPS) is 11.2. The van der Waals surface area contributed by atoms with Gasteiger partial charge in [0.05, 0.1) is 17.1 Å². The number of anilines is 1. The molecule has 104 valence electrons. The number of nitrogens with zero attached hydrogens (tertiary/aromatic N) is 2. The summed E-state index contributed by atoms with van der Waals surface area (Å²) in [6, 6.07) is 4.08. The molecule has 7 nitrogen and oxygen atoms in total. The molecule has 0 unspecified atom stereocenters. The van der Waals surface area contributed by atoms with E-state index in [4.69, 9.17) is 5.11 Å². The standard InChI is InChI=1S/C12H16N2O5/c1-12(2,7-15)13(3)9-6-4-5-8(11(16)17)10(9)14(18)19/h4-6,15H,7H2,1-3H3,(H,16,17). The minimum atomic E-state index is -1.36. The van der Waals surface area contributed by atoms with Gasteiger partial charge >= 0.3 is 11.7 Å². The molecule has 0 aromatic heterocycles. The van der Waals surface area contributed by atoms with Crippen LogP contribution >= 0.6 is 0 Å². The number of hydrogen-bond acceptors (Lipinski definition) is 5. The van der Waals surface area contributed by atoms with Gasteiger partial charge in [-0.1, -0.05) is 6.07 Å². The van der Waals surface area contributed by atoms with Crippen LogP contribution < -0.4 is 4.90 Å². The van der Waals surface area contributed by atoms with Crippen LogP contribution in [0.15, 0.2) is 18.2 Å². The van der Waals surface area contributed by atoms with Crippen LogP contribution in [0, 0.1) is 10.1 Å². The zero-order valence-corrected chi connectivity index (χ0v) is 11.0. The molecule has 2 N–H and O–H groups in total. The van der Waals surface area contributed by atoms with E-state index in [1.54, 1.807) is 20.9 Å². The molecule has 0 radical (unpaired) electrons. The number of nitro benzene ring substituents is 1. The fourth-order valence-electron chi connectivity index (χ4n) is 1.60. The summed E-state index contributed by atoms with van der Waals surface area (Å²) in [4.78, 5) is 22.9. The van der Waals surface area contributed by atoms with Crippen LogP contribution in [0.2, 0.25) is 0 Å². The van der Waals surface area contributed by atoms with Crippen molar-refractivity contribution in [1.82, 2.24) is 0 Å². The number of carboxylic acid groups (broad SMARTS) is 1. The lowest BCUT2D eigenvalue weighted by molar-refractivity contribution is -0.384. The van der Waals surface area contributed by atoms with Crippen molar-refractivity contribution < 1.29 is 19.9 Å². The predicted molar refractivity (Wildman–Crippen MR) is 69.6 cm³/mol. The van der Waals surface area contributed by atoms with Crippen molar-refractivity contribution in [2.24, 2.45) is 0 Å². The van der Waals surface area contributed by atoms with Crippen molar-refractivity contribution in [3.8, 4) is 0 Å². The molecule has 0 spiro atoms. The van der Waals surface area contributed by atoms with E-state index in [0.717, 1.165) is 0 Å². The number of nitro groups is 1. The Morgan fingerprint density at radius 3 is 2.47 bits per heavy atom. The van der Waals surface area contributed by atoms with Crippen LogP contribution in [0.1, 0.15) is 24.2 Å². The highest BCUT2D eigenvalue weighted by Gasteiger charge is 2.31. The maximum absolute atomic E-state index is 11.1. The Kier molecular flexibility index (Phi) is 4.10. The number of carbonyl (C=O) groups is 1. The second-order valence-electron chi connectivity index (χ2n) is 4.77. The fraction of sp³-hybridized carbons (Fsp3) is 0.417. The maximum atomic E-state index is 11.1. The van der Waals surface area contributed by atoms with Crippen molar-refractivity contribution >= 4 is 17.3 Å². The van der Waals surface area contributed by atoms with Gasteiger partial charge in [0, 0.05) is 7.05 Å². The molecule has 7 heteroatoms.